The number of carboxylic acids is 1. The molecule has 5 heteroatoms. The van der Waals surface area contributed by atoms with E-state index in [4.69, 9.17) is 5.73 Å². The van der Waals surface area contributed by atoms with E-state index in [2.05, 4.69) is 6.92 Å². The summed E-state index contributed by atoms with van der Waals surface area (Å²) in [6.07, 6.45) is 3.01. The van der Waals surface area contributed by atoms with Crippen LogP contribution in [0.5, 0.6) is 0 Å². The van der Waals surface area contributed by atoms with Gasteiger partial charge in [0.05, 0.1) is 12.0 Å². The third kappa shape index (κ3) is 3.24. The van der Waals surface area contributed by atoms with Crippen LogP contribution in [0.15, 0.2) is 24.3 Å². The molecule has 1 heterocycles. The van der Waals surface area contributed by atoms with Crippen LogP contribution < -0.4 is 10.6 Å². The number of amides is 1. The Morgan fingerprint density at radius 1 is 1.43 bits per heavy atom. The molecule has 1 aromatic carbocycles. The molecule has 2 rings (SSSR count). The van der Waals surface area contributed by atoms with Crippen LogP contribution in [-0.2, 0) is 9.59 Å². The van der Waals surface area contributed by atoms with Crippen LogP contribution in [-0.4, -0.2) is 29.6 Å². The first-order chi connectivity index (χ1) is 10.1. The van der Waals surface area contributed by atoms with Crippen molar-refractivity contribution in [2.24, 2.45) is 5.73 Å². The first-order valence-corrected chi connectivity index (χ1v) is 7.45. The smallest absolute Gasteiger partial charge is 0.311 e. The number of carbonyl (C=O) groups is 2. The summed E-state index contributed by atoms with van der Waals surface area (Å²) in [4.78, 5) is 25.5. The SMILES string of the molecule is CCCC[C@H](N)C(=O)N1CCC(C(=O)O)c2ccccc21. The Kier molecular flexibility index (Phi) is 4.96. The van der Waals surface area contributed by atoms with E-state index in [-0.39, 0.29) is 5.91 Å². The topological polar surface area (TPSA) is 83.6 Å². The number of nitrogens with zero attached hydrogens (tertiary/aromatic N) is 1. The summed E-state index contributed by atoms with van der Waals surface area (Å²) in [6, 6.07) is 6.69. The minimum atomic E-state index is -0.843. The first-order valence-electron chi connectivity index (χ1n) is 7.45. The molecule has 0 spiro atoms. The number of carboxylic acid groups (broad SMARTS) is 1. The van der Waals surface area contributed by atoms with Gasteiger partial charge in [0.25, 0.3) is 0 Å². The van der Waals surface area contributed by atoms with Crippen molar-refractivity contribution in [2.45, 2.75) is 44.6 Å². The maximum atomic E-state index is 12.5. The van der Waals surface area contributed by atoms with Crippen molar-refractivity contribution in [3.63, 3.8) is 0 Å². The standard InChI is InChI=1S/C16H22N2O3/c1-2-3-7-13(17)15(19)18-10-9-12(16(20)21)11-6-4-5-8-14(11)18/h4-6,8,12-13H,2-3,7,9-10,17H2,1H3,(H,20,21)/t12?,13-/m0/s1. The minimum Gasteiger partial charge on any atom is -0.481 e. The molecule has 0 saturated carbocycles. The number of benzene rings is 1. The summed E-state index contributed by atoms with van der Waals surface area (Å²) in [5, 5.41) is 9.31. The van der Waals surface area contributed by atoms with E-state index in [1.807, 2.05) is 6.07 Å². The Bertz CT molecular complexity index is 530. The van der Waals surface area contributed by atoms with Gasteiger partial charge in [0.1, 0.15) is 0 Å². The van der Waals surface area contributed by atoms with E-state index >= 15 is 0 Å². The van der Waals surface area contributed by atoms with E-state index in [1.54, 1.807) is 23.1 Å². The van der Waals surface area contributed by atoms with Gasteiger partial charge in [-0.1, -0.05) is 38.0 Å². The molecule has 0 aromatic heterocycles. The first kappa shape index (κ1) is 15.5. The molecule has 1 unspecified atom stereocenters. The summed E-state index contributed by atoms with van der Waals surface area (Å²) < 4.78 is 0. The normalized spacial score (nSPS) is 19.0. The monoisotopic (exact) mass is 290 g/mol. The van der Waals surface area contributed by atoms with Gasteiger partial charge in [-0.15, -0.1) is 0 Å². The number of rotatable bonds is 5. The van der Waals surface area contributed by atoms with E-state index in [0.717, 1.165) is 12.8 Å². The lowest BCUT2D eigenvalue weighted by Crippen LogP contribution is -2.47. The van der Waals surface area contributed by atoms with Crippen molar-refractivity contribution < 1.29 is 14.7 Å². The second-order valence-electron chi connectivity index (χ2n) is 5.48. The average molecular weight is 290 g/mol. The zero-order valence-corrected chi connectivity index (χ0v) is 12.3. The molecule has 0 bridgehead atoms. The van der Waals surface area contributed by atoms with Crippen molar-refractivity contribution in [2.75, 3.05) is 11.4 Å². The van der Waals surface area contributed by atoms with Gasteiger partial charge < -0.3 is 15.7 Å². The third-order valence-electron chi connectivity index (χ3n) is 3.99. The lowest BCUT2D eigenvalue weighted by Gasteiger charge is -2.34. The lowest BCUT2D eigenvalue weighted by molar-refractivity contribution is -0.139. The number of nitrogens with two attached hydrogens (primary N) is 1. The minimum absolute atomic E-state index is 0.111. The molecule has 1 aromatic rings. The van der Waals surface area contributed by atoms with Gasteiger partial charge in [-0.2, -0.15) is 0 Å². The fraction of sp³-hybridized carbons (Fsp3) is 0.500. The zero-order valence-electron chi connectivity index (χ0n) is 12.3. The van der Waals surface area contributed by atoms with Crippen molar-refractivity contribution >= 4 is 17.6 Å². The van der Waals surface area contributed by atoms with E-state index in [1.165, 1.54) is 0 Å². The van der Waals surface area contributed by atoms with Gasteiger partial charge in [-0.05, 0) is 24.5 Å². The zero-order chi connectivity index (χ0) is 15.4. The summed E-state index contributed by atoms with van der Waals surface area (Å²) >= 11 is 0. The molecule has 0 fully saturated rings. The van der Waals surface area contributed by atoms with Crippen molar-refractivity contribution in [3.05, 3.63) is 29.8 Å². The Hall–Kier alpha value is -1.88. The highest BCUT2D eigenvalue weighted by Crippen LogP contribution is 2.35. The number of unbranched alkanes of at least 4 members (excludes halogenated alkanes) is 1. The number of hydrogen-bond acceptors (Lipinski definition) is 3. The molecule has 2 atom stereocenters. The van der Waals surface area contributed by atoms with E-state index in [0.29, 0.717) is 30.6 Å². The summed E-state index contributed by atoms with van der Waals surface area (Å²) in [5.74, 6) is -1.50. The predicted molar refractivity (Wildman–Crippen MR) is 81.3 cm³/mol. The second-order valence-corrected chi connectivity index (χ2v) is 5.48. The quantitative estimate of drug-likeness (QED) is 0.870. The Morgan fingerprint density at radius 2 is 2.14 bits per heavy atom. The summed E-state index contributed by atoms with van der Waals surface area (Å²) in [6.45, 7) is 2.47. The van der Waals surface area contributed by atoms with Gasteiger partial charge >= 0.3 is 5.97 Å². The maximum Gasteiger partial charge on any atom is 0.311 e. The molecule has 21 heavy (non-hydrogen) atoms. The van der Waals surface area contributed by atoms with Crippen LogP contribution in [0.3, 0.4) is 0 Å². The number of para-hydroxylation sites is 1. The molecule has 1 amide bonds. The number of carbonyl (C=O) groups excluding carboxylic acids is 1. The third-order valence-corrected chi connectivity index (χ3v) is 3.99. The summed E-state index contributed by atoms with van der Waals surface area (Å²) in [5.41, 5.74) is 7.37. The molecule has 0 saturated heterocycles. The fourth-order valence-corrected chi connectivity index (χ4v) is 2.80. The highest BCUT2D eigenvalue weighted by Gasteiger charge is 2.33. The van der Waals surface area contributed by atoms with Crippen LogP contribution in [0.4, 0.5) is 5.69 Å². The van der Waals surface area contributed by atoms with E-state index < -0.39 is 17.9 Å². The molecule has 1 aliphatic heterocycles. The van der Waals surface area contributed by atoms with Crippen LogP contribution in [0.25, 0.3) is 0 Å². The highest BCUT2D eigenvalue weighted by atomic mass is 16.4. The maximum absolute atomic E-state index is 12.5. The second kappa shape index (κ2) is 6.72. The number of aliphatic carboxylic acids is 1. The Balaban J connectivity index is 2.24. The molecule has 3 N–H and O–H groups in total. The van der Waals surface area contributed by atoms with Gasteiger partial charge in [-0.3, -0.25) is 9.59 Å². The lowest BCUT2D eigenvalue weighted by atomic mass is 9.89. The van der Waals surface area contributed by atoms with Crippen LogP contribution in [0, 0.1) is 0 Å². The van der Waals surface area contributed by atoms with Crippen molar-refractivity contribution in [3.8, 4) is 0 Å². The fourth-order valence-electron chi connectivity index (χ4n) is 2.80. The average Bonchev–Trinajstić information content (AvgIpc) is 2.50. The van der Waals surface area contributed by atoms with Crippen molar-refractivity contribution in [1.29, 1.82) is 0 Å². The number of anilines is 1. The molecular formula is C16H22N2O3. The van der Waals surface area contributed by atoms with Crippen LogP contribution in [0.1, 0.15) is 44.1 Å². The molecule has 1 aliphatic rings. The molecule has 0 aliphatic carbocycles. The summed E-state index contributed by atoms with van der Waals surface area (Å²) in [7, 11) is 0. The van der Waals surface area contributed by atoms with Gasteiger partial charge in [0.15, 0.2) is 0 Å². The number of fused-ring (bicyclic) bond motifs is 1. The largest absolute Gasteiger partial charge is 0.481 e. The van der Waals surface area contributed by atoms with Gasteiger partial charge in [0, 0.05) is 12.2 Å². The van der Waals surface area contributed by atoms with E-state index in [9.17, 15) is 14.7 Å². The Morgan fingerprint density at radius 3 is 2.81 bits per heavy atom. The van der Waals surface area contributed by atoms with Crippen LogP contribution >= 0.6 is 0 Å². The molecule has 0 radical (unpaired) electrons. The molecular weight excluding hydrogens is 268 g/mol. The van der Waals surface area contributed by atoms with Gasteiger partial charge in [0.2, 0.25) is 5.91 Å². The molecule has 114 valence electrons. The Labute approximate surface area is 124 Å². The number of hydrogen-bond donors (Lipinski definition) is 2. The predicted octanol–water partition coefficient (Wildman–Crippen LogP) is 2.11. The highest BCUT2D eigenvalue weighted by molar-refractivity contribution is 5.99. The van der Waals surface area contributed by atoms with Gasteiger partial charge in [-0.25, -0.2) is 0 Å². The van der Waals surface area contributed by atoms with Crippen molar-refractivity contribution in [1.82, 2.24) is 0 Å². The molecule has 5 nitrogen and oxygen atoms in total. The van der Waals surface area contributed by atoms with Crippen LogP contribution in [0.2, 0.25) is 0 Å².